The van der Waals surface area contributed by atoms with Crippen LogP contribution in [0.25, 0.3) is 22.2 Å². The van der Waals surface area contributed by atoms with Gasteiger partial charge in [0.1, 0.15) is 18.2 Å². The summed E-state index contributed by atoms with van der Waals surface area (Å²) >= 11 is 0. The van der Waals surface area contributed by atoms with Gasteiger partial charge in [0.15, 0.2) is 0 Å². The summed E-state index contributed by atoms with van der Waals surface area (Å²) in [5, 5.41) is 0. The van der Waals surface area contributed by atoms with Gasteiger partial charge in [-0.05, 0) is 72.5 Å². The van der Waals surface area contributed by atoms with Crippen molar-refractivity contribution >= 4 is 22.8 Å². The van der Waals surface area contributed by atoms with Gasteiger partial charge < -0.3 is 24.4 Å². The van der Waals surface area contributed by atoms with E-state index < -0.39 is 0 Å². The molecule has 1 aromatic heterocycles. The molecule has 0 aliphatic carbocycles. The number of rotatable bonds is 3. The number of hydrogen-bond acceptors (Lipinski definition) is 4. The van der Waals surface area contributed by atoms with Gasteiger partial charge in [-0.2, -0.15) is 0 Å². The van der Waals surface area contributed by atoms with E-state index in [0.29, 0.717) is 26.2 Å². The molecule has 7 nitrogen and oxygen atoms in total. The smallest absolute Gasteiger partial charge is 0.321 e. The number of urea groups is 1. The van der Waals surface area contributed by atoms with Crippen LogP contribution in [0, 0.1) is 13.8 Å². The molecule has 5 aromatic rings. The second kappa shape index (κ2) is 10.9. The van der Waals surface area contributed by atoms with Gasteiger partial charge in [-0.15, -0.1) is 0 Å². The standard InChI is InChI=1S/C35H35N5O2/c1-24-19-28(27-13-14-31-32(21-27)37-25(2)36-31)20-29-22-39(17-18-42-34(24)29)35(41)40-16-15-38(30-11-7-4-8-12-30)23-33(40)26-9-5-3-6-10-26/h3-14,19-21,33H,15-18,22-23H2,1-2H3,(H,36,37). The summed E-state index contributed by atoms with van der Waals surface area (Å²) in [6.07, 6.45) is 0. The van der Waals surface area contributed by atoms with Crippen molar-refractivity contribution in [2.75, 3.05) is 37.7 Å². The third-order valence-electron chi connectivity index (χ3n) is 8.46. The number of benzene rings is 4. The number of nitrogens with zero attached hydrogens (tertiary/aromatic N) is 4. The molecule has 1 saturated heterocycles. The highest BCUT2D eigenvalue weighted by molar-refractivity contribution is 5.83. The van der Waals surface area contributed by atoms with Crippen LogP contribution in [0.3, 0.4) is 0 Å². The summed E-state index contributed by atoms with van der Waals surface area (Å²) in [5.41, 5.74) is 8.66. The van der Waals surface area contributed by atoms with Crippen molar-refractivity contribution in [2.24, 2.45) is 0 Å². The molecular formula is C35H35N5O2. The number of H-pyrrole nitrogens is 1. The van der Waals surface area contributed by atoms with E-state index in [1.807, 2.05) is 24.0 Å². The second-order valence-corrected chi connectivity index (χ2v) is 11.3. The molecule has 0 spiro atoms. The van der Waals surface area contributed by atoms with Crippen LogP contribution in [0.2, 0.25) is 0 Å². The largest absolute Gasteiger partial charge is 0.491 e. The first-order valence-corrected chi connectivity index (χ1v) is 14.7. The number of ether oxygens (including phenoxy) is 1. The number of carbonyl (C=O) groups is 1. The maximum absolute atomic E-state index is 14.3. The lowest BCUT2D eigenvalue weighted by Gasteiger charge is -2.44. The summed E-state index contributed by atoms with van der Waals surface area (Å²) < 4.78 is 6.26. The number of carbonyl (C=O) groups excluding carboxylic acids is 1. The van der Waals surface area contributed by atoms with E-state index in [-0.39, 0.29) is 12.1 Å². The third kappa shape index (κ3) is 4.96. The van der Waals surface area contributed by atoms with Crippen LogP contribution in [0.15, 0.2) is 91.0 Å². The number of aromatic nitrogens is 2. The molecule has 1 N–H and O–H groups in total. The number of piperazine rings is 1. The zero-order chi connectivity index (χ0) is 28.6. The summed E-state index contributed by atoms with van der Waals surface area (Å²) in [6.45, 7) is 7.78. The predicted molar refractivity (Wildman–Crippen MR) is 167 cm³/mol. The average molecular weight is 558 g/mol. The Balaban J connectivity index is 1.18. The molecule has 4 aromatic carbocycles. The van der Waals surface area contributed by atoms with Gasteiger partial charge >= 0.3 is 6.03 Å². The Morgan fingerprint density at radius 1 is 0.881 bits per heavy atom. The van der Waals surface area contributed by atoms with Gasteiger partial charge in [-0.1, -0.05) is 54.6 Å². The minimum atomic E-state index is -0.0473. The van der Waals surface area contributed by atoms with Crippen LogP contribution in [0.5, 0.6) is 5.75 Å². The van der Waals surface area contributed by atoms with Gasteiger partial charge in [0.05, 0.1) is 30.2 Å². The van der Waals surface area contributed by atoms with Crippen molar-refractivity contribution in [3.63, 3.8) is 0 Å². The van der Waals surface area contributed by atoms with Crippen LogP contribution in [0.4, 0.5) is 10.5 Å². The van der Waals surface area contributed by atoms with Crippen molar-refractivity contribution < 1.29 is 9.53 Å². The van der Waals surface area contributed by atoms with Gasteiger partial charge in [-0.3, -0.25) is 0 Å². The SMILES string of the molecule is Cc1nc2ccc(-c3cc(C)c4c(c3)CN(C(=O)N3CCN(c5ccccc5)CC3c3ccccc3)CCO4)cc2[nH]1. The maximum Gasteiger partial charge on any atom is 0.321 e. The van der Waals surface area contributed by atoms with Crippen LogP contribution >= 0.6 is 0 Å². The number of aromatic amines is 1. The lowest BCUT2D eigenvalue weighted by atomic mass is 9.98. The third-order valence-corrected chi connectivity index (χ3v) is 8.46. The van der Waals surface area contributed by atoms with Crippen LogP contribution in [-0.2, 0) is 6.54 Å². The molecule has 1 unspecified atom stereocenters. The molecule has 0 saturated carbocycles. The quantitative estimate of drug-likeness (QED) is 0.267. The molecule has 1 atom stereocenters. The Morgan fingerprint density at radius 3 is 2.48 bits per heavy atom. The molecule has 2 aliphatic heterocycles. The van der Waals surface area contributed by atoms with Crippen LogP contribution < -0.4 is 9.64 Å². The average Bonchev–Trinajstić information content (AvgIpc) is 3.26. The Morgan fingerprint density at radius 2 is 1.67 bits per heavy atom. The van der Waals surface area contributed by atoms with Gasteiger partial charge in [-0.25, -0.2) is 9.78 Å². The van der Waals surface area contributed by atoms with Crippen molar-refractivity contribution in [3.05, 3.63) is 114 Å². The first-order valence-electron chi connectivity index (χ1n) is 14.7. The monoisotopic (exact) mass is 557 g/mol. The predicted octanol–water partition coefficient (Wildman–Crippen LogP) is 6.72. The molecular weight excluding hydrogens is 522 g/mol. The van der Waals surface area contributed by atoms with Crippen molar-refractivity contribution in [1.82, 2.24) is 19.8 Å². The van der Waals surface area contributed by atoms with Crippen molar-refractivity contribution in [3.8, 4) is 16.9 Å². The zero-order valence-corrected chi connectivity index (χ0v) is 24.1. The zero-order valence-electron chi connectivity index (χ0n) is 24.1. The van der Waals surface area contributed by atoms with E-state index in [1.165, 1.54) is 5.69 Å². The Kier molecular flexibility index (Phi) is 6.78. The summed E-state index contributed by atoms with van der Waals surface area (Å²) in [6, 6.07) is 31.6. The first kappa shape index (κ1) is 26.1. The number of hydrogen-bond donors (Lipinski definition) is 1. The number of para-hydroxylation sites is 1. The number of amides is 2. The number of fused-ring (bicyclic) bond motifs is 2. The normalized spacial score (nSPS) is 17.1. The number of anilines is 1. The highest BCUT2D eigenvalue weighted by Gasteiger charge is 2.35. The Bertz CT molecular complexity index is 1730. The Labute approximate surface area is 246 Å². The fourth-order valence-electron chi connectivity index (χ4n) is 6.39. The number of nitrogens with one attached hydrogen (secondary N) is 1. The lowest BCUT2D eigenvalue weighted by molar-refractivity contribution is 0.121. The molecule has 3 heterocycles. The molecule has 2 amide bonds. The highest BCUT2D eigenvalue weighted by Crippen LogP contribution is 2.35. The Hall–Kier alpha value is -4.78. The molecule has 7 heteroatoms. The van der Waals surface area contributed by atoms with Crippen molar-refractivity contribution in [2.45, 2.75) is 26.4 Å². The molecule has 0 radical (unpaired) electrons. The highest BCUT2D eigenvalue weighted by atomic mass is 16.5. The van der Waals surface area contributed by atoms with Crippen LogP contribution in [0.1, 0.15) is 28.6 Å². The molecule has 2 aliphatic rings. The van der Waals surface area contributed by atoms with Crippen LogP contribution in [-0.4, -0.2) is 58.6 Å². The van der Waals surface area contributed by atoms with E-state index in [4.69, 9.17) is 4.74 Å². The summed E-state index contributed by atoms with van der Waals surface area (Å²) in [5.74, 6) is 1.79. The summed E-state index contributed by atoms with van der Waals surface area (Å²) in [4.78, 5) is 28.6. The maximum atomic E-state index is 14.3. The fraction of sp³-hybridized carbons (Fsp3) is 0.257. The van der Waals surface area contributed by atoms with Crippen molar-refractivity contribution in [1.29, 1.82) is 0 Å². The molecule has 42 heavy (non-hydrogen) atoms. The van der Waals surface area contributed by atoms with E-state index in [9.17, 15) is 4.79 Å². The first-order chi connectivity index (χ1) is 20.5. The fourth-order valence-corrected chi connectivity index (χ4v) is 6.39. The van der Waals surface area contributed by atoms with E-state index in [1.54, 1.807) is 0 Å². The topological polar surface area (TPSA) is 64.7 Å². The molecule has 7 rings (SSSR count). The van der Waals surface area contributed by atoms with E-state index in [2.05, 4.69) is 106 Å². The molecule has 1 fully saturated rings. The lowest BCUT2D eigenvalue weighted by Crippen LogP contribution is -2.54. The summed E-state index contributed by atoms with van der Waals surface area (Å²) in [7, 11) is 0. The minimum Gasteiger partial charge on any atom is -0.491 e. The molecule has 212 valence electrons. The second-order valence-electron chi connectivity index (χ2n) is 11.3. The van der Waals surface area contributed by atoms with Gasteiger partial charge in [0.25, 0.3) is 0 Å². The van der Waals surface area contributed by atoms with Gasteiger partial charge in [0, 0.05) is 30.9 Å². The number of aryl methyl sites for hydroxylation is 2. The van der Waals surface area contributed by atoms with E-state index in [0.717, 1.165) is 63.5 Å². The minimum absolute atomic E-state index is 0.0473. The van der Waals surface area contributed by atoms with Gasteiger partial charge in [0.2, 0.25) is 0 Å². The van der Waals surface area contributed by atoms with E-state index >= 15 is 0 Å². The molecule has 0 bridgehead atoms. The number of imidazole rings is 1.